The summed E-state index contributed by atoms with van der Waals surface area (Å²) in [5, 5.41) is 11.3. The number of aromatic nitrogens is 3. The molecule has 1 fully saturated rings. The second kappa shape index (κ2) is 7.92. The van der Waals surface area contributed by atoms with E-state index in [1.54, 1.807) is 18.3 Å². The van der Waals surface area contributed by atoms with Gasteiger partial charge in [0, 0.05) is 30.6 Å². The molecule has 3 N–H and O–H groups in total. The Morgan fingerprint density at radius 3 is 2.78 bits per heavy atom. The second-order valence-corrected chi connectivity index (χ2v) is 8.15. The van der Waals surface area contributed by atoms with Crippen molar-refractivity contribution in [2.24, 2.45) is 5.73 Å². The van der Waals surface area contributed by atoms with Gasteiger partial charge in [0.2, 0.25) is 0 Å². The fourth-order valence-corrected chi connectivity index (χ4v) is 4.41. The van der Waals surface area contributed by atoms with Crippen LogP contribution in [0.15, 0.2) is 60.8 Å². The highest BCUT2D eigenvalue weighted by atomic mass is 16.3. The van der Waals surface area contributed by atoms with Gasteiger partial charge in [-0.1, -0.05) is 24.3 Å². The van der Waals surface area contributed by atoms with Crippen LogP contribution in [0, 0.1) is 6.92 Å². The van der Waals surface area contributed by atoms with Crippen LogP contribution in [0.5, 0.6) is 5.75 Å². The highest BCUT2D eigenvalue weighted by Gasteiger charge is 2.29. The van der Waals surface area contributed by atoms with E-state index in [4.69, 9.17) is 15.7 Å². The van der Waals surface area contributed by atoms with Crippen molar-refractivity contribution in [1.82, 2.24) is 15.0 Å². The van der Waals surface area contributed by atoms with Crippen LogP contribution in [0.1, 0.15) is 34.0 Å². The molecule has 160 valence electrons. The minimum atomic E-state index is -0.510. The SMILES string of the molecule is Cc1ccc2c(N3CC[C@H](c4cccnc4C(N)=O)C3)nc(-c3ccccc3O)nc2c1. The van der Waals surface area contributed by atoms with Crippen LogP contribution in [0.2, 0.25) is 0 Å². The van der Waals surface area contributed by atoms with Gasteiger partial charge in [-0.25, -0.2) is 9.97 Å². The normalized spacial score (nSPS) is 15.9. The number of carbonyl (C=O) groups excluding carboxylic acids is 1. The highest BCUT2D eigenvalue weighted by Crippen LogP contribution is 2.36. The zero-order valence-electron chi connectivity index (χ0n) is 17.7. The lowest BCUT2D eigenvalue weighted by atomic mass is 9.96. The van der Waals surface area contributed by atoms with E-state index in [0.717, 1.165) is 40.8 Å². The molecule has 0 radical (unpaired) electrons. The van der Waals surface area contributed by atoms with Crippen molar-refractivity contribution in [3.05, 3.63) is 77.6 Å². The predicted octanol–water partition coefficient (Wildman–Crippen LogP) is 3.80. The number of phenols is 1. The maximum atomic E-state index is 11.9. The Balaban J connectivity index is 1.59. The van der Waals surface area contributed by atoms with E-state index in [1.807, 2.05) is 43.3 Å². The molecule has 1 aliphatic rings. The molecule has 2 aromatic carbocycles. The molecule has 7 heteroatoms. The summed E-state index contributed by atoms with van der Waals surface area (Å²) in [5.41, 5.74) is 9.29. The van der Waals surface area contributed by atoms with Gasteiger partial charge in [-0.3, -0.25) is 9.78 Å². The number of aromatic hydroxyl groups is 1. The molecule has 1 saturated heterocycles. The Bertz CT molecular complexity index is 1340. The molecule has 1 amide bonds. The van der Waals surface area contributed by atoms with Crippen LogP contribution < -0.4 is 10.6 Å². The fraction of sp³-hybridized carbons (Fsp3) is 0.200. The summed E-state index contributed by atoms with van der Waals surface area (Å²) in [6.45, 7) is 3.49. The maximum absolute atomic E-state index is 11.9. The van der Waals surface area contributed by atoms with Gasteiger partial charge in [-0.2, -0.15) is 0 Å². The molecular weight excluding hydrogens is 402 g/mol. The number of carbonyl (C=O) groups is 1. The van der Waals surface area contributed by atoms with Gasteiger partial charge >= 0.3 is 0 Å². The van der Waals surface area contributed by atoms with Gasteiger partial charge in [0.25, 0.3) is 5.91 Å². The minimum Gasteiger partial charge on any atom is -0.507 e. The van der Waals surface area contributed by atoms with Crippen LogP contribution >= 0.6 is 0 Å². The number of fused-ring (bicyclic) bond motifs is 1. The largest absolute Gasteiger partial charge is 0.507 e. The standard InChI is InChI=1S/C25H23N5O2/c1-15-8-9-18-20(13-15)28-24(19-5-2-3-7-21(19)31)29-25(18)30-12-10-16(14-30)17-6-4-11-27-22(17)23(26)32/h2-9,11,13,16,31H,10,12,14H2,1H3,(H2,26,32)/t16-/m0/s1. The number of phenolic OH excluding ortho intramolecular Hbond substituents is 1. The van der Waals surface area contributed by atoms with Crippen LogP contribution in [-0.4, -0.2) is 39.1 Å². The first kappa shape index (κ1) is 19.9. The van der Waals surface area contributed by atoms with Crippen molar-refractivity contribution in [2.45, 2.75) is 19.3 Å². The maximum Gasteiger partial charge on any atom is 0.267 e. The zero-order chi connectivity index (χ0) is 22.2. The highest BCUT2D eigenvalue weighted by molar-refractivity contribution is 5.93. The van der Waals surface area contributed by atoms with Crippen molar-refractivity contribution in [1.29, 1.82) is 0 Å². The summed E-state index contributed by atoms with van der Waals surface area (Å²) in [7, 11) is 0. The number of nitrogens with two attached hydrogens (primary N) is 1. The smallest absolute Gasteiger partial charge is 0.267 e. The van der Waals surface area contributed by atoms with Crippen LogP contribution in [0.3, 0.4) is 0 Å². The molecular formula is C25H23N5O2. The minimum absolute atomic E-state index is 0.121. The Kier molecular flexibility index (Phi) is 4.93. The van der Waals surface area contributed by atoms with Gasteiger partial charge in [0.1, 0.15) is 17.3 Å². The number of benzene rings is 2. The number of aryl methyl sites for hydroxylation is 1. The first-order chi connectivity index (χ1) is 15.5. The number of hydrogen-bond acceptors (Lipinski definition) is 6. The van der Waals surface area contributed by atoms with E-state index in [-0.39, 0.29) is 11.7 Å². The number of hydrogen-bond donors (Lipinski definition) is 2. The van der Waals surface area contributed by atoms with Crippen molar-refractivity contribution >= 4 is 22.6 Å². The van der Waals surface area contributed by atoms with Crippen LogP contribution in [0.4, 0.5) is 5.82 Å². The molecule has 0 unspecified atom stereocenters. The van der Waals surface area contributed by atoms with Crippen molar-refractivity contribution in [2.75, 3.05) is 18.0 Å². The molecule has 4 aromatic rings. The van der Waals surface area contributed by atoms with E-state index < -0.39 is 5.91 Å². The molecule has 32 heavy (non-hydrogen) atoms. The number of rotatable bonds is 4. The third-order valence-corrected chi connectivity index (χ3v) is 5.98. The van der Waals surface area contributed by atoms with Gasteiger partial charge in [-0.15, -0.1) is 0 Å². The number of nitrogens with zero attached hydrogens (tertiary/aromatic N) is 4. The van der Waals surface area contributed by atoms with Gasteiger partial charge in [0.05, 0.1) is 11.1 Å². The molecule has 1 atom stereocenters. The Labute approximate surface area is 185 Å². The van der Waals surface area contributed by atoms with Crippen LogP contribution in [0.25, 0.3) is 22.3 Å². The second-order valence-electron chi connectivity index (χ2n) is 8.15. The lowest BCUT2D eigenvalue weighted by molar-refractivity contribution is 0.0994. The predicted molar refractivity (Wildman–Crippen MR) is 124 cm³/mol. The van der Waals surface area contributed by atoms with Gasteiger partial charge in [0.15, 0.2) is 5.82 Å². The number of amides is 1. The molecule has 0 aliphatic carbocycles. The summed E-state index contributed by atoms with van der Waals surface area (Å²) >= 11 is 0. The summed E-state index contributed by atoms with van der Waals surface area (Å²) in [6.07, 6.45) is 2.45. The average Bonchev–Trinajstić information content (AvgIpc) is 3.28. The summed E-state index contributed by atoms with van der Waals surface area (Å²) in [5.74, 6) is 1.06. The number of anilines is 1. The topological polar surface area (TPSA) is 105 Å². The summed E-state index contributed by atoms with van der Waals surface area (Å²) < 4.78 is 0. The molecule has 7 nitrogen and oxygen atoms in total. The van der Waals surface area contributed by atoms with E-state index >= 15 is 0 Å². The molecule has 0 spiro atoms. The van der Waals surface area contributed by atoms with Gasteiger partial charge < -0.3 is 15.7 Å². The Hall–Kier alpha value is -4.00. The molecule has 2 aromatic heterocycles. The Morgan fingerprint density at radius 1 is 1.12 bits per heavy atom. The zero-order valence-corrected chi connectivity index (χ0v) is 17.7. The first-order valence-corrected chi connectivity index (χ1v) is 10.6. The summed E-state index contributed by atoms with van der Waals surface area (Å²) in [4.78, 5) is 27.9. The molecule has 5 rings (SSSR count). The van der Waals surface area contributed by atoms with Crippen molar-refractivity contribution in [3.8, 4) is 17.1 Å². The lowest BCUT2D eigenvalue weighted by Crippen LogP contribution is -2.22. The monoisotopic (exact) mass is 425 g/mol. The summed E-state index contributed by atoms with van der Waals surface area (Å²) in [6, 6.07) is 17.0. The van der Waals surface area contributed by atoms with Crippen molar-refractivity contribution in [3.63, 3.8) is 0 Å². The number of primary amides is 1. The number of para-hydroxylation sites is 1. The fourth-order valence-electron chi connectivity index (χ4n) is 4.41. The Morgan fingerprint density at radius 2 is 1.97 bits per heavy atom. The molecule has 1 aliphatic heterocycles. The first-order valence-electron chi connectivity index (χ1n) is 10.6. The molecule has 0 saturated carbocycles. The quantitative estimate of drug-likeness (QED) is 0.515. The number of pyridine rings is 1. The lowest BCUT2D eigenvalue weighted by Gasteiger charge is -2.21. The molecule has 3 heterocycles. The van der Waals surface area contributed by atoms with E-state index in [2.05, 4.69) is 16.0 Å². The average molecular weight is 425 g/mol. The van der Waals surface area contributed by atoms with E-state index in [1.165, 1.54) is 0 Å². The van der Waals surface area contributed by atoms with Gasteiger partial charge in [-0.05, 0) is 54.8 Å². The third kappa shape index (κ3) is 3.51. The van der Waals surface area contributed by atoms with E-state index in [9.17, 15) is 9.90 Å². The third-order valence-electron chi connectivity index (χ3n) is 5.98. The van der Waals surface area contributed by atoms with E-state index in [0.29, 0.717) is 23.6 Å². The molecule has 0 bridgehead atoms. The van der Waals surface area contributed by atoms with Crippen LogP contribution in [-0.2, 0) is 0 Å². The van der Waals surface area contributed by atoms with Crippen molar-refractivity contribution < 1.29 is 9.90 Å².